The van der Waals surface area contributed by atoms with Crippen LogP contribution in [0.5, 0.6) is 0 Å². The molecule has 3 aliphatic rings. The fraction of sp³-hybridized carbons (Fsp3) is 0.737. The molecule has 1 saturated carbocycles. The van der Waals surface area contributed by atoms with E-state index >= 15 is 0 Å². The van der Waals surface area contributed by atoms with E-state index in [1.807, 2.05) is 23.1 Å². The Kier molecular flexibility index (Phi) is 4.50. The first-order chi connectivity index (χ1) is 12.9. The molecule has 0 bridgehead atoms. The average Bonchev–Trinajstić information content (AvgIpc) is 3.24. The predicted molar refractivity (Wildman–Crippen MR) is 99.1 cm³/mol. The Morgan fingerprint density at radius 3 is 2.46 bits per heavy atom. The van der Waals surface area contributed by atoms with E-state index in [2.05, 4.69) is 30.1 Å². The minimum atomic E-state index is 0.562. The maximum Gasteiger partial charge on any atom is 0.155 e. The molecule has 0 amide bonds. The SMILES string of the molecule is c1cnn(Cc2nnc(C3CCN(C4CCNCC4)CC3)n2C2CC2)c1. The van der Waals surface area contributed by atoms with Crippen molar-refractivity contribution in [2.24, 2.45) is 0 Å². The van der Waals surface area contributed by atoms with Crippen LogP contribution in [0.2, 0.25) is 0 Å². The normalized spacial score (nSPS) is 23.5. The fourth-order valence-electron chi connectivity index (χ4n) is 4.69. The van der Waals surface area contributed by atoms with Crippen molar-refractivity contribution in [3.8, 4) is 0 Å². The van der Waals surface area contributed by atoms with Gasteiger partial charge in [-0.3, -0.25) is 4.68 Å². The van der Waals surface area contributed by atoms with Crippen LogP contribution in [0.3, 0.4) is 0 Å². The van der Waals surface area contributed by atoms with Crippen molar-refractivity contribution >= 4 is 0 Å². The molecular weight excluding hydrogens is 326 g/mol. The molecule has 5 rings (SSSR count). The summed E-state index contributed by atoms with van der Waals surface area (Å²) >= 11 is 0. The van der Waals surface area contributed by atoms with E-state index in [1.54, 1.807) is 0 Å². The number of nitrogens with one attached hydrogen (secondary N) is 1. The van der Waals surface area contributed by atoms with Gasteiger partial charge in [0.1, 0.15) is 12.4 Å². The smallest absolute Gasteiger partial charge is 0.155 e. The highest BCUT2D eigenvalue weighted by Crippen LogP contribution is 2.40. The zero-order chi connectivity index (χ0) is 17.3. The van der Waals surface area contributed by atoms with Crippen LogP contribution >= 0.6 is 0 Å². The van der Waals surface area contributed by atoms with Crippen LogP contribution < -0.4 is 5.32 Å². The molecule has 4 heterocycles. The summed E-state index contributed by atoms with van der Waals surface area (Å²) in [5.41, 5.74) is 0. The van der Waals surface area contributed by atoms with Gasteiger partial charge in [-0.1, -0.05) is 0 Å². The lowest BCUT2D eigenvalue weighted by Gasteiger charge is -2.39. The highest BCUT2D eigenvalue weighted by Gasteiger charge is 2.34. The lowest BCUT2D eigenvalue weighted by molar-refractivity contribution is 0.124. The molecule has 3 fully saturated rings. The van der Waals surface area contributed by atoms with E-state index in [4.69, 9.17) is 0 Å². The Bertz CT molecular complexity index is 704. The second-order valence-electron chi connectivity index (χ2n) is 8.07. The van der Waals surface area contributed by atoms with Crippen LogP contribution in [-0.2, 0) is 6.54 Å². The van der Waals surface area contributed by atoms with Gasteiger partial charge in [-0.05, 0) is 70.8 Å². The third-order valence-electron chi connectivity index (χ3n) is 6.29. The number of likely N-dealkylation sites (tertiary alicyclic amines) is 1. The second kappa shape index (κ2) is 7.12. The largest absolute Gasteiger partial charge is 0.317 e. The second-order valence-corrected chi connectivity index (χ2v) is 8.07. The van der Waals surface area contributed by atoms with E-state index in [9.17, 15) is 0 Å². The third-order valence-corrected chi connectivity index (χ3v) is 6.29. The van der Waals surface area contributed by atoms with Gasteiger partial charge in [-0.25, -0.2) is 0 Å². The summed E-state index contributed by atoms with van der Waals surface area (Å²) in [6.45, 7) is 5.50. The molecule has 7 heteroatoms. The topological polar surface area (TPSA) is 63.8 Å². The molecular formula is C19H29N7. The number of hydrogen-bond acceptors (Lipinski definition) is 5. The summed E-state index contributed by atoms with van der Waals surface area (Å²) in [7, 11) is 0. The zero-order valence-corrected chi connectivity index (χ0v) is 15.4. The standard InChI is InChI=1S/C19H29N7/c1-8-21-25(11-1)14-18-22-23-19(26(18)17-2-3-17)15-6-12-24(13-7-15)16-4-9-20-10-5-16/h1,8,11,15-17,20H,2-7,9-10,12-14H2. The number of piperidine rings is 2. The average molecular weight is 355 g/mol. The zero-order valence-electron chi connectivity index (χ0n) is 15.4. The molecule has 0 aromatic carbocycles. The molecule has 0 unspecified atom stereocenters. The highest BCUT2D eigenvalue weighted by molar-refractivity contribution is 5.09. The van der Waals surface area contributed by atoms with E-state index < -0.39 is 0 Å². The van der Waals surface area contributed by atoms with Gasteiger partial charge in [0, 0.05) is 30.4 Å². The van der Waals surface area contributed by atoms with Gasteiger partial charge in [-0.15, -0.1) is 10.2 Å². The summed E-state index contributed by atoms with van der Waals surface area (Å²) < 4.78 is 4.40. The van der Waals surface area contributed by atoms with Gasteiger partial charge in [0.25, 0.3) is 0 Å². The van der Waals surface area contributed by atoms with E-state index in [0.29, 0.717) is 12.0 Å². The number of aromatic nitrogens is 5. The van der Waals surface area contributed by atoms with E-state index in [1.165, 1.54) is 70.5 Å². The minimum Gasteiger partial charge on any atom is -0.317 e. The Morgan fingerprint density at radius 2 is 1.77 bits per heavy atom. The predicted octanol–water partition coefficient (Wildman–Crippen LogP) is 1.79. The number of nitrogens with zero attached hydrogens (tertiary/aromatic N) is 6. The Labute approximate surface area is 154 Å². The van der Waals surface area contributed by atoms with Crippen LogP contribution in [0.4, 0.5) is 0 Å². The molecule has 0 atom stereocenters. The van der Waals surface area contributed by atoms with Crippen molar-refractivity contribution in [3.63, 3.8) is 0 Å². The Morgan fingerprint density at radius 1 is 0.962 bits per heavy atom. The van der Waals surface area contributed by atoms with Gasteiger partial charge < -0.3 is 14.8 Å². The molecule has 0 radical (unpaired) electrons. The van der Waals surface area contributed by atoms with Crippen molar-refractivity contribution in [1.29, 1.82) is 0 Å². The van der Waals surface area contributed by atoms with Crippen LogP contribution in [0.1, 0.15) is 62.1 Å². The molecule has 2 saturated heterocycles. The first-order valence-corrected chi connectivity index (χ1v) is 10.2. The summed E-state index contributed by atoms with van der Waals surface area (Å²) in [6.07, 6.45) is 11.4. The lowest BCUT2D eigenvalue weighted by Crippen LogP contribution is -2.46. The van der Waals surface area contributed by atoms with Crippen molar-refractivity contribution in [2.45, 2.75) is 63.1 Å². The summed E-state index contributed by atoms with van der Waals surface area (Å²) in [6, 6.07) is 3.37. The molecule has 2 aromatic heterocycles. The Hall–Kier alpha value is -1.73. The molecule has 2 aromatic rings. The van der Waals surface area contributed by atoms with Crippen LogP contribution in [0.15, 0.2) is 18.5 Å². The number of rotatable bonds is 5. The summed E-state index contributed by atoms with van der Waals surface area (Å²) in [5.74, 6) is 2.87. The maximum atomic E-state index is 4.66. The molecule has 0 spiro atoms. The van der Waals surface area contributed by atoms with Crippen LogP contribution in [0.25, 0.3) is 0 Å². The van der Waals surface area contributed by atoms with Gasteiger partial charge >= 0.3 is 0 Å². The van der Waals surface area contributed by atoms with Crippen molar-refractivity contribution < 1.29 is 0 Å². The lowest BCUT2D eigenvalue weighted by atomic mass is 9.93. The van der Waals surface area contributed by atoms with E-state index in [0.717, 1.165) is 18.4 Å². The molecule has 2 aliphatic heterocycles. The van der Waals surface area contributed by atoms with Crippen molar-refractivity contribution in [3.05, 3.63) is 30.1 Å². The first kappa shape index (κ1) is 16.4. The van der Waals surface area contributed by atoms with Crippen LogP contribution in [-0.4, -0.2) is 61.7 Å². The maximum absolute atomic E-state index is 4.66. The van der Waals surface area contributed by atoms with Gasteiger partial charge in [0.15, 0.2) is 5.82 Å². The summed E-state index contributed by atoms with van der Waals surface area (Å²) in [4.78, 5) is 2.72. The number of hydrogen-bond donors (Lipinski definition) is 1. The minimum absolute atomic E-state index is 0.562. The molecule has 1 N–H and O–H groups in total. The molecule has 1 aliphatic carbocycles. The summed E-state index contributed by atoms with van der Waals surface area (Å²) in [5, 5.41) is 17.0. The highest BCUT2D eigenvalue weighted by atomic mass is 15.3. The molecule has 140 valence electrons. The first-order valence-electron chi connectivity index (χ1n) is 10.2. The third kappa shape index (κ3) is 3.30. The van der Waals surface area contributed by atoms with Crippen LogP contribution in [0, 0.1) is 0 Å². The molecule has 26 heavy (non-hydrogen) atoms. The van der Waals surface area contributed by atoms with Gasteiger partial charge in [-0.2, -0.15) is 5.10 Å². The quantitative estimate of drug-likeness (QED) is 0.886. The monoisotopic (exact) mass is 355 g/mol. The van der Waals surface area contributed by atoms with E-state index in [-0.39, 0.29) is 0 Å². The van der Waals surface area contributed by atoms with Gasteiger partial charge in [0.2, 0.25) is 0 Å². The molecule has 7 nitrogen and oxygen atoms in total. The van der Waals surface area contributed by atoms with Crippen molar-refractivity contribution in [2.75, 3.05) is 26.2 Å². The fourth-order valence-corrected chi connectivity index (χ4v) is 4.69. The Balaban J connectivity index is 1.29. The van der Waals surface area contributed by atoms with Gasteiger partial charge in [0.05, 0.1) is 0 Å². The van der Waals surface area contributed by atoms with Crippen molar-refractivity contribution in [1.82, 2.24) is 34.8 Å².